The van der Waals surface area contributed by atoms with Crippen molar-refractivity contribution in [2.75, 3.05) is 31.4 Å². The number of hydrogen-bond donors (Lipinski definition) is 1. The Kier molecular flexibility index (Phi) is 6.40. The molecule has 0 spiro atoms. The number of ether oxygens (including phenoxy) is 1. The number of aldehydes is 1. The van der Waals surface area contributed by atoms with Gasteiger partial charge >= 0.3 is 5.97 Å². The first-order chi connectivity index (χ1) is 9.53. The van der Waals surface area contributed by atoms with Crippen LogP contribution >= 0.6 is 11.8 Å². The molecule has 0 aromatic carbocycles. The molecule has 0 amide bonds. The molecule has 1 N–H and O–H groups in total. The second-order valence-corrected chi connectivity index (χ2v) is 4.85. The average Bonchev–Trinajstić information content (AvgIpc) is 2.44. The first kappa shape index (κ1) is 16.4. The summed E-state index contributed by atoms with van der Waals surface area (Å²) in [6, 6.07) is -0.237. The van der Waals surface area contributed by atoms with Gasteiger partial charge in [-0.15, -0.1) is 0 Å². The molecule has 1 rings (SSSR count). The van der Waals surface area contributed by atoms with E-state index in [1.165, 1.54) is 30.0 Å². The number of hydrogen-bond acceptors (Lipinski definition) is 7. The Labute approximate surface area is 121 Å². The number of thioether (sulfide) groups is 1. The second-order valence-electron chi connectivity index (χ2n) is 4.08. The molecule has 0 aliphatic rings. The molecule has 0 saturated heterocycles. The first-order valence-corrected chi connectivity index (χ1v) is 7.09. The van der Waals surface area contributed by atoms with E-state index in [1.807, 2.05) is 6.92 Å². The number of aliphatic carboxylic acids is 1. The molecule has 0 saturated carbocycles. The van der Waals surface area contributed by atoms with E-state index >= 15 is 0 Å². The van der Waals surface area contributed by atoms with Crippen molar-refractivity contribution in [2.24, 2.45) is 0 Å². The van der Waals surface area contributed by atoms with Gasteiger partial charge in [0.15, 0.2) is 11.4 Å². The summed E-state index contributed by atoms with van der Waals surface area (Å²) in [5.41, 5.74) is 0.256. The van der Waals surface area contributed by atoms with Gasteiger partial charge in [-0.1, -0.05) is 11.8 Å². The Bertz CT molecular complexity index is 484. The average molecular weight is 299 g/mol. The summed E-state index contributed by atoms with van der Waals surface area (Å²) in [5, 5.41) is 9.51. The highest BCUT2D eigenvalue weighted by atomic mass is 32.2. The SMILES string of the molecule is COC[C@H](C)N(CC(=O)O)c1nc(SC)ncc1C=O. The summed E-state index contributed by atoms with van der Waals surface area (Å²) >= 11 is 1.32. The van der Waals surface area contributed by atoms with Crippen LogP contribution in [0.1, 0.15) is 17.3 Å². The van der Waals surface area contributed by atoms with Crippen LogP contribution < -0.4 is 4.90 Å². The number of carbonyl (C=O) groups is 2. The Morgan fingerprint density at radius 3 is 2.85 bits per heavy atom. The van der Waals surface area contributed by atoms with Gasteiger partial charge in [-0.25, -0.2) is 9.97 Å². The molecule has 0 aliphatic heterocycles. The largest absolute Gasteiger partial charge is 0.480 e. The van der Waals surface area contributed by atoms with Crippen molar-refractivity contribution in [3.8, 4) is 0 Å². The topological polar surface area (TPSA) is 92.6 Å². The molecule has 1 aromatic rings. The minimum atomic E-state index is -1.01. The van der Waals surface area contributed by atoms with Gasteiger partial charge in [-0.05, 0) is 13.2 Å². The van der Waals surface area contributed by atoms with Crippen molar-refractivity contribution in [3.05, 3.63) is 11.8 Å². The molecule has 0 fully saturated rings. The molecule has 1 aromatic heterocycles. The maximum atomic E-state index is 11.1. The standard InChI is InChI=1S/C12H17N3O4S/c1-8(7-19-2)15(5-10(17)18)11-9(6-16)4-13-12(14-11)20-3/h4,6,8H,5,7H2,1-3H3,(H,17,18)/t8-/m0/s1. The number of methoxy groups -OCH3 is 1. The zero-order valence-corrected chi connectivity index (χ0v) is 12.4. The Morgan fingerprint density at radius 1 is 1.65 bits per heavy atom. The normalized spacial score (nSPS) is 11.9. The minimum Gasteiger partial charge on any atom is -0.480 e. The third-order valence-electron chi connectivity index (χ3n) is 2.60. The molecule has 1 atom stereocenters. The van der Waals surface area contributed by atoms with Gasteiger partial charge in [0.25, 0.3) is 0 Å². The van der Waals surface area contributed by atoms with Crippen molar-refractivity contribution < 1.29 is 19.4 Å². The van der Waals surface area contributed by atoms with Gasteiger partial charge in [-0.2, -0.15) is 0 Å². The summed E-state index contributed by atoms with van der Waals surface area (Å²) in [6.45, 7) is 1.86. The highest BCUT2D eigenvalue weighted by molar-refractivity contribution is 7.98. The number of carboxylic acids is 1. The number of carbonyl (C=O) groups excluding carboxylic acids is 1. The fraction of sp³-hybridized carbons (Fsp3) is 0.500. The van der Waals surface area contributed by atoms with Crippen LogP contribution in [-0.4, -0.2) is 59.9 Å². The fourth-order valence-corrected chi connectivity index (χ4v) is 2.03. The van der Waals surface area contributed by atoms with E-state index in [-0.39, 0.29) is 18.2 Å². The lowest BCUT2D eigenvalue weighted by Gasteiger charge is -2.29. The highest BCUT2D eigenvalue weighted by Crippen LogP contribution is 2.21. The van der Waals surface area contributed by atoms with Crippen LogP contribution in [0.25, 0.3) is 0 Å². The lowest BCUT2D eigenvalue weighted by molar-refractivity contribution is -0.135. The maximum Gasteiger partial charge on any atom is 0.323 e. The third kappa shape index (κ3) is 4.17. The zero-order valence-electron chi connectivity index (χ0n) is 11.6. The molecular formula is C12H17N3O4S. The van der Waals surface area contributed by atoms with Gasteiger partial charge in [0.05, 0.1) is 18.2 Å². The number of carboxylic acid groups (broad SMARTS) is 1. The maximum absolute atomic E-state index is 11.1. The molecule has 7 nitrogen and oxygen atoms in total. The molecule has 0 bridgehead atoms. The Morgan fingerprint density at radius 2 is 2.35 bits per heavy atom. The predicted molar refractivity (Wildman–Crippen MR) is 75.5 cm³/mol. The number of nitrogens with zero attached hydrogens (tertiary/aromatic N) is 3. The third-order valence-corrected chi connectivity index (χ3v) is 3.16. The monoisotopic (exact) mass is 299 g/mol. The summed E-state index contributed by atoms with van der Waals surface area (Å²) in [5.74, 6) is -0.694. The highest BCUT2D eigenvalue weighted by Gasteiger charge is 2.22. The Hall–Kier alpha value is -1.67. The zero-order chi connectivity index (χ0) is 15.1. The van der Waals surface area contributed by atoms with Crippen molar-refractivity contribution in [1.82, 2.24) is 9.97 Å². The van der Waals surface area contributed by atoms with Gasteiger partial charge < -0.3 is 14.7 Å². The quantitative estimate of drug-likeness (QED) is 0.430. The van der Waals surface area contributed by atoms with Crippen LogP contribution in [0.4, 0.5) is 5.82 Å². The van der Waals surface area contributed by atoms with Gasteiger partial charge in [0.2, 0.25) is 0 Å². The second kappa shape index (κ2) is 7.81. The predicted octanol–water partition coefficient (Wildman–Crippen LogP) is 0.937. The molecule has 20 heavy (non-hydrogen) atoms. The summed E-state index contributed by atoms with van der Waals surface area (Å²) in [4.78, 5) is 31.9. The number of anilines is 1. The summed E-state index contributed by atoms with van der Waals surface area (Å²) in [6.07, 6.45) is 3.82. The van der Waals surface area contributed by atoms with E-state index in [0.717, 1.165) is 0 Å². The van der Waals surface area contributed by atoms with Crippen molar-refractivity contribution in [3.63, 3.8) is 0 Å². The molecule has 110 valence electrons. The van der Waals surface area contributed by atoms with E-state index in [1.54, 1.807) is 6.26 Å². The molecule has 1 heterocycles. The number of aromatic nitrogens is 2. The van der Waals surface area contributed by atoms with Crippen molar-refractivity contribution in [2.45, 2.75) is 18.1 Å². The molecule has 0 aliphatic carbocycles. The van der Waals surface area contributed by atoms with Crippen LogP contribution in [0.3, 0.4) is 0 Å². The lowest BCUT2D eigenvalue weighted by Crippen LogP contribution is -2.41. The van der Waals surface area contributed by atoms with Crippen LogP contribution in [0.5, 0.6) is 0 Å². The van der Waals surface area contributed by atoms with Crippen molar-refractivity contribution in [1.29, 1.82) is 0 Å². The van der Waals surface area contributed by atoms with E-state index in [2.05, 4.69) is 9.97 Å². The minimum absolute atomic E-state index is 0.237. The summed E-state index contributed by atoms with van der Waals surface area (Å²) < 4.78 is 5.05. The Balaban J connectivity index is 3.22. The number of rotatable bonds is 8. The lowest BCUT2D eigenvalue weighted by atomic mass is 10.2. The molecule has 0 radical (unpaired) electrons. The fourth-order valence-electron chi connectivity index (χ4n) is 1.69. The van der Waals surface area contributed by atoms with E-state index in [9.17, 15) is 9.59 Å². The van der Waals surface area contributed by atoms with Crippen LogP contribution in [0.15, 0.2) is 11.4 Å². The van der Waals surface area contributed by atoms with Crippen LogP contribution in [0, 0.1) is 0 Å². The van der Waals surface area contributed by atoms with Gasteiger partial charge in [0.1, 0.15) is 12.4 Å². The van der Waals surface area contributed by atoms with Crippen molar-refractivity contribution >= 4 is 29.8 Å². The molecule has 8 heteroatoms. The molecular weight excluding hydrogens is 282 g/mol. The van der Waals surface area contributed by atoms with Gasteiger partial charge in [-0.3, -0.25) is 9.59 Å². The van der Waals surface area contributed by atoms with E-state index in [4.69, 9.17) is 9.84 Å². The van der Waals surface area contributed by atoms with Crippen LogP contribution in [0.2, 0.25) is 0 Å². The van der Waals surface area contributed by atoms with Gasteiger partial charge in [0, 0.05) is 13.3 Å². The smallest absolute Gasteiger partial charge is 0.323 e. The van der Waals surface area contributed by atoms with E-state index < -0.39 is 5.97 Å². The molecule has 0 unspecified atom stereocenters. The van der Waals surface area contributed by atoms with Crippen LogP contribution in [-0.2, 0) is 9.53 Å². The summed E-state index contributed by atoms with van der Waals surface area (Å²) in [7, 11) is 1.53. The first-order valence-electron chi connectivity index (χ1n) is 5.87. The van der Waals surface area contributed by atoms with E-state index in [0.29, 0.717) is 23.9 Å².